The maximum Gasteiger partial charge on any atom is 0.209 e. The normalized spacial score (nSPS) is 13.6. The van der Waals surface area contributed by atoms with Crippen LogP contribution in [0.4, 0.5) is 0 Å². The van der Waals surface area contributed by atoms with Crippen LogP contribution in [-0.2, 0) is 14.8 Å². The summed E-state index contributed by atoms with van der Waals surface area (Å²) < 4.78 is 27.5. The van der Waals surface area contributed by atoms with Gasteiger partial charge in [-0.3, -0.25) is 0 Å². The topological polar surface area (TPSA) is 69.4 Å². The van der Waals surface area contributed by atoms with Gasteiger partial charge in [-0.05, 0) is 12.5 Å². The van der Waals surface area contributed by atoms with E-state index in [9.17, 15) is 8.42 Å². The summed E-state index contributed by atoms with van der Waals surface area (Å²) in [7, 11) is -3.48. The third kappa shape index (κ3) is 4.74. The number of hydrogen-bond acceptors (Lipinski definition) is 3. The molecule has 0 bridgehead atoms. The lowest BCUT2D eigenvalue weighted by Crippen LogP contribution is -2.24. The molecule has 0 aromatic heterocycles. The highest BCUT2D eigenvalue weighted by Crippen LogP contribution is 2.17. The van der Waals surface area contributed by atoms with E-state index in [2.05, 4.69) is 0 Å². The van der Waals surface area contributed by atoms with Crippen LogP contribution >= 0.6 is 0 Å². The minimum absolute atomic E-state index is 0.0863. The number of rotatable bonds is 6. The van der Waals surface area contributed by atoms with Gasteiger partial charge in [0.15, 0.2) is 0 Å². The van der Waals surface area contributed by atoms with Crippen molar-refractivity contribution in [2.24, 2.45) is 5.14 Å². The maximum absolute atomic E-state index is 11.1. The van der Waals surface area contributed by atoms with E-state index in [1.54, 1.807) is 0 Å². The van der Waals surface area contributed by atoms with Crippen molar-refractivity contribution in [3.05, 3.63) is 35.9 Å². The van der Waals surface area contributed by atoms with Gasteiger partial charge in [-0.25, -0.2) is 13.6 Å². The quantitative estimate of drug-likeness (QED) is 0.813. The molecule has 1 atom stereocenters. The maximum atomic E-state index is 11.1. The van der Waals surface area contributed by atoms with Crippen molar-refractivity contribution >= 4 is 10.0 Å². The summed E-state index contributed by atoms with van der Waals surface area (Å²) >= 11 is 0. The molecular weight excluding hydrogens is 226 g/mol. The second-order valence-corrected chi connectivity index (χ2v) is 5.26. The molecule has 90 valence electrons. The Morgan fingerprint density at radius 3 is 2.44 bits per heavy atom. The molecule has 0 saturated carbocycles. The zero-order valence-corrected chi connectivity index (χ0v) is 10.1. The molecule has 0 amide bonds. The van der Waals surface area contributed by atoms with Crippen LogP contribution in [0.3, 0.4) is 0 Å². The summed E-state index contributed by atoms with van der Waals surface area (Å²) in [6, 6.07) is 9.40. The van der Waals surface area contributed by atoms with Gasteiger partial charge in [-0.1, -0.05) is 30.3 Å². The van der Waals surface area contributed by atoms with Crippen molar-refractivity contribution in [3.63, 3.8) is 0 Å². The van der Waals surface area contributed by atoms with Crippen LogP contribution in [0.2, 0.25) is 0 Å². The first-order valence-corrected chi connectivity index (χ1v) is 6.87. The first kappa shape index (κ1) is 13.2. The summed E-state index contributed by atoms with van der Waals surface area (Å²) in [5.41, 5.74) is 0.935. The summed E-state index contributed by atoms with van der Waals surface area (Å²) in [5, 5.41) is 5.06. The smallest absolute Gasteiger partial charge is 0.209 e. The van der Waals surface area contributed by atoms with E-state index in [0.717, 1.165) is 5.56 Å². The van der Waals surface area contributed by atoms with Crippen LogP contribution in [-0.4, -0.2) is 27.4 Å². The molecule has 5 heteroatoms. The molecule has 1 unspecified atom stereocenters. The van der Waals surface area contributed by atoms with Crippen molar-refractivity contribution in [3.8, 4) is 0 Å². The molecule has 0 aliphatic heterocycles. The minimum Gasteiger partial charge on any atom is -0.381 e. The molecule has 1 rings (SSSR count). The average Bonchev–Trinajstić information content (AvgIpc) is 2.24. The summed E-state index contributed by atoms with van der Waals surface area (Å²) in [5.74, 6) is -0.284. The summed E-state index contributed by atoms with van der Waals surface area (Å²) in [4.78, 5) is 0. The lowest BCUT2D eigenvalue weighted by atomic mass is 10.0. The largest absolute Gasteiger partial charge is 0.381 e. The van der Waals surface area contributed by atoms with E-state index < -0.39 is 10.0 Å². The fraction of sp³-hybridized carbons (Fsp3) is 0.455. The van der Waals surface area contributed by atoms with Crippen molar-refractivity contribution in [2.45, 2.75) is 12.8 Å². The van der Waals surface area contributed by atoms with Crippen molar-refractivity contribution in [2.75, 3.05) is 19.0 Å². The van der Waals surface area contributed by atoms with Gasteiger partial charge in [0.25, 0.3) is 0 Å². The molecular formula is C11H17NO3S. The molecule has 1 aromatic rings. The molecule has 0 fully saturated rings. The fourth-order valence-electron chi connectivity index (χ4n) is 1.51. The first-order chi connectivity index (χ1) is 7.53. The highest BCUT2D eigenvalue weighted by molar-refractivity contribution is 7.89. The molecule has 0 spiro atoms. The second kappa shape index (κ2) is 5.98. The van der Waals surface area contributed by atoms with Crippen LogP contribution in [0.25, 0.3) is 0 Å². The predicted molar refractivity (Wildman–Crippen MR) is 63.7 cm³/mol. The Hall–Kier alpha value is -0.910. The van der Waals surface area contributed by atoms with Gasteiger partial charge in [0.05, 0.1) is 12.4 Å². The number of primary sulfonamides is 1. The Morgan fingerprint density at radius 1 is 1.31 bits per heavy atom. The minimum atomic E-state index is -3.48. The number of sulfonamides is 1. The summed E-state index contributed by atoms with van der Waals surface area (Å²) in [6.45, 7) is 2.81. The zero-order valence-electron chi connectivity index (χ0n) is 9.30. The Kier molecular flexibility index (Phi) is 4.92. The fourth-order valence-corrected chi connectivity index (χ4v) is 2.36. The van der Waals surface area contributed by atoms with E-state index in [4.69, 9.17) is 9.88 Å². The number of ether oxygens (including phenoxy) is 1. The average molecular weight is 243 g/mol. The third-order valence-corrected chi connectivity index (χ3v) is 3.09. The molecule has 16 heavy (non-hydrogen) atoms. The van der Waals surface area contributed by atoms with E-state index in [1.165, 1.54) is 0 Å². The zero-order chi connectivity index (χ0) is 12.0. The first-order valence-electron chi connectivity index (χ1n) is 5.16. The molecule has 0 radical (unpaired) electrons. The SMILES string of the molecule is CCOCC(CS(N)(=O)=O)c1ccccc1. The van der Waals surface area contributed by atoms with E-state index in [-0.39, 0.29) is 11.7 Å². The molecule has 2 N–H and O–H groups in total. The molecule has 0 aliphatic rings. The van der Waals surface area contributed by atoms with Gasteiger partial charge in [0, 0.05) is 12.5 Å². The van der Waals surface area contributed by atoms with Crippen molar-refractivity contribution in [1.82, 2.24) is 0 Å². The predicted octanol–water partition coefficient (Wildman–Crippen LogP) is 1.10. The van der Waals surface area contributed by atoms with Gasteiger partial charge in [-0.15, -0.1) is 0 Å². The van der Waals surface area contributed by atoms with Crippen LogP contribution in [0.1, 0.15) is 18.4 Å². The Morgan fingerprint density at radius 2 is 1.94 bits per heavy atom. The highest BCUT2D eigenvalue weighted by atomic mass is 32.2. The van der Waals surface area contributed by atoms with Crippen LogP contribution < -0.4 is 5.14 Å². The molecule has 0 heterocycles. The van der Waals surface area contributed by atoms with Gasteiger partial charge in [0.1, 0.15) is 0 Å². The van der Waals surface area contributed by atoms with Crippen LogP contribution in [0, 0.1) is 0 Å². The lowest BCUT2D eigenvalue weighted by molar-refractivity contribution is 0.136. The monoisotopic (exact) mass is 243 g/mol. The molecule has 1 aromatic carbocycles. The standard InChI is InChI=1S/C11H17NO3S/c1-2-15-8-11(9-16(12,13)14)10-6-4-3-5-7-10/h3-7,11H,2,8-9H2,1H3,(H2,12,13,14). The van der Waals surface area contributed by atoms with Crippen LogP contribution in [0.5, 0.6) is 0 Å². The van der Waals surface area contributed by atoms with Gasteiger partial charge in [-0.2, -0.15) is 0 Å². The lowest BCUT2D eigenvalue weighted by Gasteiger charge is -2.15. The Balaban J connectivity index is 2.79. The van der Waals surface area contributed by atoms with Gasteiger partial charge >= 0.3 is 0 Å². The second-order valence-electron chi connectivity index (χ2n) is 3.60. The van der Waals surface area contributed by atoms with E-state index in [0.29, 0.717) is 13.2 Å². The van der Waals surface area contributed by atoms with E-state index >= 15 is 0 Å². The Bertz CT molecular complexity index is 402. The van der Waals surface area contributed by atoms with Crippen molar-refractivity contribution in [1.29, 1.82) is 0 Å². The van der Waals surface area contributed by atoms with E-state index in [1.807, 2.05) is 37.3 Å². The Labute approximate surface area is 96.5 Å². The molecule has 0 saturated heterocycles. The third-order valence-electron chi connectivity index (χ3n) is 2.23. The molecule has 4 nitrogen and oxygen atoms in total. The number of benzene rings is 1. The highest BCUT2D eigenvalue weighted by Gasteiger charge is 2.17. The number of nitrogens with two attached hydrogens (primary N) is 1. The number of hydrogen-bond donors (Lipinski definition) is 1. The van der Waals surface area contributed by atoms with Crippen molar-refractivity contribution < 1.29 is 13.2 Å². The van der Waals surface area contributed by atoms with Gasteiger partial charge in [0.2, 0.25) is 10.0 Å². The van der Waals surface area contributed by atoms with Gasteiger partial charge < -0.3 is 4.74 Å². The van der Waals surface area contributed by atoms with Crippen LogP contribution in [0.15, 0.2) is 30.3 Å². The summed E-state index contributed by atoms with van der Waals surface area (Å²) in [6.07, 6.45) is 0. The molecule has 0 aliphatic carbocycles.